The molecule has 0 bridgehead atoms. The Bertz CT molecular complexity index is 386. The molecule has 1 aromatic rings. The van der Waals surface area contributed by atoms with Crippen LogP contribution in [-0.2, 0) is 11.3 Å². The third-order valence-corrected chi connectivity index (χ3v) is 2.51. The number of aliphatic hydroxyl groups is 1. The molecule has 1 unspecified atom stereocenters. The minimum absolute atomic E-state index is 0.140. The molecule has 1 aromatic carbocycles. The van der Waals surface area contributed by atoms with Crippen LogP contribution in [0.3, 0.4) is 0 Å². The molecule has 0 spiro atoms. The summed E-state index contributed by atoms with van der Waals surface area (Å²) in [6.45, 7) is 3.91. The lowest BCUT2D eigenvalue weighted by atomic mass is 10.00. The van der Waals surface area contributed by atoms with Crippen LogP contribution in [0.4, 0.5) is 0 Å². The molecule has 0 aliphatic rings. The topological polar surface area (TPSA) is 78.2 Å². The van der Waals surface area contributed by atoms with Gasteiger partial charge in [-0.3, -0.25) is 0 Å². The van der Waals surface area contributed by atoms with Crippen molar-refractivity contribution in [2.75, 3.05) is 6.61 Å². The zero-order valence-electron chi connectivity index (χ0n) is 10.1. The van der Waals surface area contributed by atoms with Gasteiger partial charge in [0.15, 0.2) is 0 Å². The van der Waals surface area contributed by atoms with Crippen molar-refractivity contribution in [2.24, 2.45) is 5.11 Å². The molecule has 5 nitrogen and oxygen atoms in total. The summed E-state index contributed by atoms with van der Waals surface area (Å²) in [6.07, 6.45) is -0.817. The van der Waals surface area contributed by atoms with Gasteiger partial charge >= 0.3 is 0 Å². The molecule has 0 fully saturated rings. The van der Waals surface area contributed by atoms with Gasteiger partial charge in [-0.1, -0.05) is 49.3 Å². The molecule has 0 aliphatic carbocycles. The second kappa shape index (κ2) is 6.25. The fourth-order valence-electron chi connectivity index (χ4n) is 1.25. The van der Waals surface area contributed by atoms with Crippen molar-refractivity contribution in [3.63, 3.8) is 0 Å². The van der Waals surface area contributed by atoms with E-state index < -0.39 is 11.6 Å². The van der Waals surface area contributed by atoms with Crippen LogP contribution < -0.4 is 0 Å². The first-order chi connectivity index (χ1) is 8.06. The first-order valence-electron chi connectivity index (χ1n) is 5.42. The Labute approximate surface area is 101 Å². The Morgan fingerprint density at radius 3 is 2.65 bits per heavy atom. The predicted octanol–water partition coefficient (Wildman–Crippen LogP) is 2.65. The van der Waals surface area contributed by atoms with E-state index in [1.807, 2.05) is 30.3 Å². The summed E-state index contributed by atoms with van der Waals surface area (Å²) in [5.74, 6) is 0. The lowest BCUT2D eigenvalue weighted by Gasteiger charge is -2.24. The van der Waals surface area contributed by atoms with Gasteiger partial charge in [0.05, 0.1) is 24.9 Å². The molecule has 17 heavy (non-hydrogen) atoms. The molecule has 0 amide bonds. The minimum Gasteiger partial charge on any atom is -0.390 e. The Kier molecular flexibility index (Phi) is 4.97. The summed E-state index contributed by atoms with van der Waals surface area (Å²) < 4.78 is 5.38. The summed E-state index contributed by atoms with van der Waals surface area (Å²) in [7, 11) is 0. The number of nitrogens with zero attached hydrogens (tertiary/aromatic N) is 3. The molecular weight excluding hydrogens is 218 g/mol. The van der Waals surface area contributed by atoms with Gasteiger partial charge in [-0.2, -0.15) is 0 Å². The van der Waals surface area contributed by atoms with E-state index in [-0.39, 0.29) is 6.61 Å². The Morgan fingerprint density at radius 2 is 2.06 bits per heavy atom. The highest BCUT2D eigenvalue weighted by atomic mass is 16.5. The van der Waals surface area contributed by atoms with Crippen LogP contribution in [-0.4, -0.2) is 23.4 Å². The number of ether oxygens (including phenoxy) is 1. The van der Waals surface area contributed by atoms with Crippen molar-refractivity contribution < 1.29 is 9.84 Å². The normalized spacial score (nSPS) is 12.9. The van der Waals surface area contributed by atoms with E-state index in [4.69, 9.17) is 10.3 Å². The fourth-order valence-corrected chi connectivity index (χ4v) is 1.25. The summed E-state index contributed by atoms with van der Waals surface area (Å²) in [6, 6.07) is 9.69. The number of hydrogen-bond acceptors (Lipinski definition) is 3. The number of azide groups is 1. The molecule has 0 aromatic heterocycles. The fraction of sp³-hybridized carbons (Fsp3) is 0.500. The van der Waals surface area contributed by atoms with E-state index in [1.165, 1.54) is 0 Å². The van der Waals surface area contributed by atoms with E-state index in [9.17, 15) is 5.11 Å². The maximum Gasteiger partial charge on any atom is 0.0881 e. The van der Waals surface area contributed by atoms with Gasteiger partial charge in [0.2, 0.25) is 0 Å². The SMILES string of the molecule is CC(C)(N=[N+]=[N-])C(O)COCc1ccccc1. The van der Waals surface area contributed by atoms with Crippen LogP contribution >= 0.6 is 0 Å². The minimum atomic E-state index is -0.856. The first-order valence-corrected chi connectivity index (χ1v) is 5.42. The Morgan fingerprint density at radius 1 is 1.41 bits per heavy atom. The largest absolute Gasteiger partial charge is 0.390 e. The zero-order valence-corrected chi connectivity index (χ0v) is 10.1. The maximum absolute atomic E-state index is 9.80. The van der Waals surface area contributed by atoms with Gasteiger partial charge in [-0.15, -0.1) is 0 Å². The molecule has 0 heterocycles. The third-order valence-electron chi connectivity index (χ3n) is 2.51. The maximum atomic E-state index is 9.80. The summed E-state index contributed by atoms with van der Waals surface area (Å²) >= 11 is 0. The third kappa shape index (κ3) is 4.44. The number of hydrogen-bond donors (Lipinski definition) is 1. The van der Waals surface area contributed by atoms with Crippen molar-refractivity contribution in [2.45, 2.75) is 32.1 Å². The molecule has 5 heteroatoms. The Hall–Kier alpha value is -1.55. The molecule has 0 aliphatic heterocycles. The molecule has 0 radical (unpaired) electrons. The number of benzene rings is 1. The molecule has 92 valence electrons. The quantitative estimate of drug-likeness (QED) is 0.467. The standard InChI is InChI=1S/C12H17N3O2/c1-12(2,14-15-13)11(16)9-17-8-10-6-4-3-5-7-10/h3-7,11,16H,8-9H2,1-2H3. The van der Waals surface area contributed by atoms with Crippen molar-refractivity contribution >= 4 is 0 Å². The van der Waals surface area contributed by atoms with Crippen LogP contribution in [0.25, 0.3) is 10.4 Å². The van der Waals surface area contributed by atoms with Gasteiger partial charge in [0.1, 0.15) is 0 Å². The van der Waals surface area contributed by atoms with E-state index in [1.54, 1.807) is 13.8 Å². The molecule has 0 saturated carbocycles. The van der Waals surface area contributed by atoms with Crippen molar-refractivity contribution in [3.8, 4) is 0 Å². The van der Waals surface area contributed by atoms with Gasteiger partial charge in [-0.25, -0.2) is 0 Å². The van der Waals surface area contributed by atoms with Crippen LogP contribution in [0.5, 0.6) is 0 Å². The monoisotopic (exact) mass is 235 g/mol. The van der Waals surface area contributed by atoms with E-state index in [2.05, 4.69) is 10.0 Å². The zero-order chi connectivity index (χ0) is 12.7. The Balaban J connectivity index is 2.39. The van der Waals surface area contributed by atoms with E-state index in [0.717, 1.165) is 5.56 Å². The average Bonchev–Trinajstić information content (AvgIpc) is 2.30. The summed E-state index contributed by atoms with van der Waals surface area (Å²) in [4.78, 5) is 2.70. The highest BCUT2D eigenvalue weighted by Crippen LogP contribution is 2.15. The highest BCUT2D eigenvalue weighted by molar-refractivity contribution is 5.13. The van der Waals surface area contributed by atoms with Crippen molar-refractivity contribution in [1.82, 2.24) is 0 Å². The van der Waals surface area contributed by atoms with Crippen LogP contribution in [0.2, 0.25) is 0 Å². The van der Waals surface area contributed by atoms with Gasteiger partial charge in [0, 0.05) is 4.91 Å². The van der Waals surface area contributed by atoms with Crippen LogP contribution in [0.1, 0.15) is 19.4 Å². The first kappa shape index (κ1) is 13.5. The lowest BCUT2D eigenvalue weighted by Crippen LogP contribution is -2.37. The predicted molar refractivity (Wildman–Crippen MR) is 65.3 cm³/mol. The van der Waals surface area contributed by atoms with E-state index >= 15 is 0 Å². The number of rotatable bonds is 6. The van der Waals surface area contributed by atoms with Gasteiger partial charge in [0.25, 0.3) is 0 Å². The highest BCUT2D eigenvalue weighted by Gasteiger charge is 2.26. The molecule has 0 saturated heterocycles. The second-order valence-electron chi connectivity index (χ2n) is 4.36. The van der Waals surface area contributed by atoms with E-state index in [0.29, 0.717) is 6.61 Å². The lowest BCUT2D eigenvalue weighted by molar-refractivity contribution is -0.00317. The second-order valence-corrected chi connectivity index (χ2v) is 4.36. The van der Waals surface area contributed by atoms with Crippen molar-refractivity contribution in [1.29, 1.82) is 0 Å². The number of aliphatic hydroxyl groups excluding tert-OH is 1. The summed E-state index contributed by atoms with van der Waals surface area (Å²) in [5, 5.41) is 13.3. The molecule has 1 rings (SSSR count). The molecular formula is C12H17N3O2. The van der Waals surface area contributed by atoms with Crippen LogP contribution in [0, 0.1) is 0 Å². The smallest absolute Gasteiger partial charge is 0.0881 e. The van der Waals surface area contributed by atoms with Gasteiger partial charge < -0.3 is 9.84 Å². The molecule has 1 N–H and O–H groups in total. The molecule has 1 atom stereocenters. The van der Waals surface area contributed by atoms with Crippen LogP contribution in [0.15, 0.2) is 35.4 Å². The van der Waals surface area contributed by atoms with Gasteiger partial charge in [-0.05, 0) is 11.1 Å². The summed E-state index contributed by atoms with van der Waals surface area (Å²) in [5.41, 5.74) is 8.55. The van der Waals surface area contributed by atoms with Crippen molar-refractivity contribution in [3.05, 3.63) is 46.3 Å². The average molecular weight is 235 g/mol.